The summed E-state index contributed by atoms with van der Waals surface area (Å²) in [6.45, 7) is 2.10. The van der Waals surface area contributed by atoms with Gasteiger partial charge >= 0.3 is 0 Å². The van der Waals surface area contributed by atoms with Crippen LogP contribution < -0.4 is 0 Å². The van der Waals surface area contributed by atoms with E-state index in [2.05, 4.69) is 18.0 Å². The molecular formula is C14H13ClN2S. The second-order valence-electron chi connectivity index (χ2n) is 4.05. The number of nitrogens with zero attached hydrogens (tertiary/aromatic N) is 2. The maximum atomic E-state index is 9.06. The van der Waals surface area contributed by atoms with Gasteiger partial charge in [-0.05, 0) is 24.1 Å². The van der Waals surface area contributed by atoms with Crippen LogP contribution in [0.3, 0.4) is 0 Å². The molecule has 0 fully saturated rings. The predicted molar refractivity (Wildman–Crippen MR) is 75.1 cm³/mol. The van der Waals surface area contributed by atoms with Crippen molar-refractivity contribution in [2.45, 2.75) is 26.2 Å². The summed E-state index contributed by atoms with van der Waals surface area (Å²) in [6.07, 6.45) is 2.65. The zero-order chi connectivity index (χ0) is 13.0. The molecule has 2 rings (SSSR count). The Morgan fingerprint density at radius 2 is 2.06 bits per heavy atom. The predicted octanol–water partition coefficient (Wildman–Crippen LogP) is 4.21. The maximum Gasteiger partial charge on any atom is 0.128 e. The first-order valence-electron chi connectivity index (χ1n) is 5.86. The molecule has 0 bridgehead atoms. The highest BCUT2D eigenvalue weighted by Crippen LogP contribution is 2.22. The van der Waals surface area contributed by atoms with Crippen LogP contribution in [0.5, 0.6) is 0 Å². The summed E-state index contributed by atoms with van der Waals surface area (Å²) in [4.78, 5) is 5.30. The van der Waals surface area contributed by atoms with Crippen LogP contribution in [0.25, 0.3) is 0 Å². The van der Waals surface area contributed by atoms with E-state index in [1.54, 1.807) is 0 Å². The standard InChI is InChI=1S/C14H13ClN2S/c1-2-3-12-13(9-16)18-14(17-12)8-10-4-6-11(15)7-5-10/h4-7H,2-3,8H2,1H3. The largest absolute Gasteiger partial charge is 0.244 e. The van der Waals surface area contributed by atoms with Crippen LogP contribution >= 0.6 is 22.9 Å². The van der Waals surface area contributed by atoms with Crippen molar-refractivity contribution >= 4 is 22.9 Å². The molecule has 0 spiro atoms. The molecule has 0 aliphatic rings. The van der Waals surface area contributed by atoms with Gasteiger partial charge in [0.05, 0.1) is 10.7 Å². The Labute approximate surface area is 116 Å². The summed E-state index contributed by atoms with van der Waals surface area (Å²) in [5, 5.41) is 10.8. The number of hydrogen-bond donors (Lipinski definition) is 0. The van der Waals surface area contributed by atoms with Gasteiger partial charge in [-0.1, -0.05) is 37.1 Å². The van der Waals surface area contributed by atoms with Crippen molar-refractivity contribution in [1.82, 2.24) is 4.98 Å². The molecule has 0 saturated carbocycles. The van der Waals surface area contributed by atoms with Crippen molar-refractivity contribution < 1.29 is 0 Å². The molecule has 92 valence electrons. The lowest BCUT2D eigenvalue weighted by atomic mass is 10.1. The van der Waals surface area contributed by atoms with E-state index in [1.807, 2.05) is 24.3 Å². The second-order valence-corrected chi connectivity index (χ2v) is 5.57. The molecule has 2 nitrogen and oxygen atoms in total. The van der Waals surface area contributed by atoms with E-state index < -0.39 is 0 Å². The van der Waals surface area contributed by atoms with Crippen molar-refractivity contribution in [3.05, 3.63) is 50.4 Å². The fraction of sp³-hybridized carbons (Fsp3) is 0.286. The van der Waals surface area contributed by atoms with E-state index in [1.165, 1.54) is 16.9 Å². The number of halogens is 1. The molecule has 0 atom stereocenters. The zero-order valence-electron chi connectivity index (χ0n) is 10.1. The Balaban J connectivity index is 2.19. The smallest absolute Gasteiger partial charge is 0.128 e. The van der Waals surface area contributed by atoms with Crippen molar-refractivity contribution in [3.63, 3.8) is 0 Å². The SMILES string of the molecule is CCCc1nc(Cc2ccc(Cl)cc2)sc1C#N. The fourth-order valence-electron chi connectivity index (χ4n) is 1.75. The van der Waals surface area contributed by atoms with Gasteiger partial charge in [-0.2, -0.15) is 5.26 Å². The maximum absolute atomic E-state index is 9.06. The van der Waals surface area contributed by atoms with Gasteiger partial charge in [0, 0.05) is 11.4 Å². The van der Waals surface area contributed by atoms with Crippen molar-refractivity contribution in [2.24, 2.45) is 0 Å². The average molecular weight is 277 g/mol. The molecule has 2 aromatic rings. The summed E-state index contributed by atoms with van der Waals surface area (Å²) in [6, 6.07) is 9.98. The summed E-state index contributed by atoms with van der Waals surface area (Å²) in [5.41, 5.74) is 2.11. The number of aromatic nitrogens is 1. The minimum Gasteiger partial charge on any atom is -0.244 e. The van der Waals surface area contributed by atoms with Crippen LogP contribution in [0.1, 0.15) is 34.5 Å². The van der Waals surface area contributed by atoms with E-state index in [4.69, 9.17) is 16.9 Å². The van der Waals surface area contributed by atoms with E-state index in [9.17, 15) is 0 Å². The third-order valence-electron chi connectivity index (χ3n) is 2.60. The van der Waals surface area contributed by atoms with Gasteiger partial charge in [0.15, 0.2) is 0 Å². The van der Waals surface area contributed by atoms with Crippen LogP contribution in [-0.2, 0) is 12.8 Å². The lowest BCUT2D eigenvalue weighted by Gasteiger charge is -1.97. The molecule has 0 amide bonds. The topological polar surface area (TPSA) is 36.7 Å². The third-order valence-corrected chi connectivity index (χ3v) is 3.85. The Bertz CT molecular complexity index is 566. The molecule has 18 heavy (non-hydrogen) atoms. The zero-order valence-corrected chi connectivity index (χ0v) is 11.7. The quantitative estimate of drug-likeness (QED) is 0.839. The van der Waals surface area contributed by atoms with Crippen molar-refractivity contribution in [3.8, 4) is 6.07 Å². The lowest BCUT2D eigenvalue weighted by Crippen LogP contribution is -1.90. The molecule has 0 N–H and O–H groups in total. The molecule has 4 heteroatoms. The van der Waals surface area contributed by atoms with Gasteiger partial charge in [-0.15, -0.1) is 11.3 Å². The summed E-state index contributed by atoms with van der Waals surface area (Å²) in [5.74, 6) is 0. The van der Waals surface area contributed by atoms with Crippen LogP contribution in [0, 0.1) is 11.3 Å². The highest BCUT2D eigenvalue weighted by atomic mass is 35.5. The van der Waals surface area contributed by atoms with Gasteiger partial charge in [0.25, 0.3) is 0 Å². The molecular weight excluding hydrogens is 264 g/mol. The number of hydrogen-bond acceptors (Lipinski definition) is 3. The number of rotatable bonds is 4. The summed E-state index contributed by atoms with van der Waals surface area (Å²) < 4.78 is 0. The first-order valence-corrected chi connectivity index (χ1v) is 7.05. The fourth-order valence-corrected chi connectivity index (χ4v) is 2.81. The Morgan fingerprint density at radius 1 is 1.33 bits per heavy atom. The van der Waals surface area contributed by atoms with Crippen molar-refractivity contribution in [2.75, 3.05) is 0 Å². The van der Waals surface area contributed by atoms with E-state index in [-0.39, 0.29) is 0 Å². The monoisotopic (exact) mass is 276 g/mol. The molecule has 0 aliphatic heterocycles. The van der Waals surface area contributed by atoms with Gasteiger partial charge in [0.1, 0.15) is 10.9 Å². The van der Waals surface area contributed by atoms with E-state index in [0.717, 1.165) is 39.9 Å². The second kappa shape index (κ2) is 5.99. The molecule has 1 aromatic heterocycles. The molecule has 0 radical (unpaired) electrons. The Morgan fingerprint density at radius 3 is 2.67 bits per heavy atom. The first-order chi connectivity index (χ1) is 8.72. The highest BCUT2D eigenvalue weighted by Gasteiger charge is 2.10. The summed E-state index contributed by atoms with van der Waals surface area (Å²) in [7, 11) is 0. The van der Waals surface area contributed by atoms with Crippen molar-refractivity contribution in [1.29, 1.82) is 5.26 Å². The third kappa shape index (κ3) is 3.10. The average Bonchev–Trinajstić information content (AvgIpc) is 2.75. The normalized spacial score (nSPS) is 10.3. The van der Waals surface area contributed by atoms with Gasteiger partial charge in [-0.3, -0.25) is 0 Å². The van der Waals surface area contributed by atoms with E-state index in [0.29, 0.717) is 0 Å². The number of benzene rings is 1. The summed E-state index contributed by atoms with van der Waals surface area (Å²) >= 11 is 7.34. The van der Waals surface area contributed by atoms with Crippen LogP contribution in [0.15, 0.2) is 24.3 Å². The minimum absolute atomic E-state index is 0.738. The molecule has 0 unspecified atom stereocenters. The molecule has 0 aliphatic carbocycles. The Kier molecular flexibility index (Phi) is 4.35. The first kappa shape index (κ1) is 13.1. The van der Waals surface area contributed by atoms with Crippen LogP contribution in [0.2, 0.25) is 5.02 Å². The van der Waals surface area contributed by atoms with Gasteiger partial charge in [-0.25, -0.2) is 4.98 Å². The number of nitriles is 1. The minimum atomic E-state index is 0.738. The van der Waals surface area contributed by atoms with Gasteiger partial charge < -0.3 is 0 Å². The highest BCUT2D eigenvalue weighted by molar-refractivity contribution is 7.12. The van der Waals surface area contributed by atoms with Crippen LogP contribution in [-0.4, -0.2) is 4.98 Å². The number of aryl methyl sites for hydroxylation is 1. The van der Waals surface area contributed by atoms with Gasteiger partial charge in [0.2, 0.25) is 0 Å². The van der Waals surface area contributed by atoms with E-state index >= 15 is 0 Å². The molecule has 1 aromatic carbocycles. The Hall–Kier alpha value is -1.37. The molecule has 1 heterocycles. The number of thiazole rings is 1. The lowest BCUT2D eigenvalue weighted by molar-refractivity contribution is 0.880. The van der Waals surface area contributed by atoms with Crippen LogP contribution in [0.4, 0.5) is 0 Å². The molecule has 0 saturated heterocycles.